The molecule has 1 fully saturated rings. The van der Waals surface area contributed by atoms with E-state index in [1.165, 1.54) is 0 Å². The average molecular weight is 334 g/mol. The lowest BCUT2D eigenvalue weighted by Crippen LogP contribution is -2.39. The summed E-state index contributed by atoms with van der Waals surface area (Å²) in [6.45, 7) is 3.76. The van der Waals surface area contributed by atoms with E-state index < -0.39 is 0 Å². The van der Waals surface area contributed by atoms with Crippen LogP contribution in [-0.4, -0.2) is 52.0 Å². The van der Waals surface area contributed by atoms with Crippen LogP contribution in [0.4, 0.5) is 0 Å². The van der Waals surface area contributed by atoms with Crippen LogP contribution >= 0.6 is 11.6 Å². The number of amides is 1. The van der Waals surface area contributed by atoms with Gasteiger partial charge in [-0.25, -0.2) is 4.68 Å². The van der Waals surface area contributed by atoms with E-state index >= 15 is 0 Å². The molecule has 1 aromatic carbocycles. The molecule has 2 aromatic rings. The highest BCUT2D eigenvalue weighted by Gasteiger charge is 2.28. The maximum atomic E-state index is 12.8. The van der Waals surface area contributed by atoms with E-state index in [1.807, 2.05) is 32.2 Å². The molecular weight excluding hydrogens is 314 g/mol. The lowest BCUT2D eigenvalue weighted by atomic mass is 10.2. The van der Waals surface area contributed by atoms with Crippen LogP contribution in [0.3, 0.4) is 0 Å². The van der Waals surface area contributed by atoms with Gasteiger partial charge in [0.1, 0.15) is 0 Å². The van der Waals surface area contributed by atoms with Crippen molar-refractivity contribution in [3.63, 3.8) is 0 Å². The first kappa shape index (κ1) is 16.0. The molecule has 0 saturated carbocycles. The van der Waals surface area contributed by atoms with E-state index in [0.29, 0.717) is 17.1 Å². The van der Waals surface area contributed by atoms with Gasteiger partial charge in [0.05, 0.1) is 11.4 Å². The van der Waals surface area contributed by atoms with Crippen LogP contribution in [0.25, 0.3) is 5.69 Å². The fraction of sp³-hybridized carbons (Fsp3) is 0.438. The van der Waals surface area contributed by atoms with Gasteiger partial charge >= 0.3 is 0 Å². The Kier molecular flexibility index (Phi) is 4.63. The van der Waals surface area contributed by atoms with Crippen molar-refractivity contribution in [3.8, 4) is 5.69 Å². The van der Waals surface area contributed by atoms with Crippen molar-refractivity contribution < 1.29 is 4.79 Å². The summed E-state index contributed by atoms with van der Waals surface area (Å²) in [5.74, 6) is -0.0798. The Labute approximate surface area is 140 Å². The zero-order valence-corrected chi connectivity index (χ0v) is 14.0. The number of rotatable bonds is 4. The van der Waals surface area contributed by atoms with Crippen LogP contribution in [0, 0.1) is 0 Å². The van der Waals surface area contributed by atoms with Crippen LogP contribution in [-0.2, 0) is 6.42 Å². The molecule has 6 nitrogen and oxygen atoms in total. The van der Waals surface area contributed by atoms with Crippen molar-refractivity contribution >= 4 is 17.5 Å². The third kappa shape index (κ3) is 3.09. The zero-order valence-electron chi connectivity index (χ0n) is 13.3. The second kappa shape index (κ2) is 6.68. The number of halogens is 1. The van der Waals surface area contributed by atoms with Crippen molar-refractivity contribution in [2.24, 2.45) is 0 Å². The quantitative estimate of drug-likeness (QED) is 0.928. The van der Waals surface area contributed by atoms with Crippen LogP contribution in [0.1, 0.15) is 29.5 Å². The first-order chi connectivity index (χ1) is 11.1. The summed E-state index contributed by atoms with van der Waals surface area (Å²) in [5, 5.41) is 12.2. The van der Waals surface area contributed by atoms with E-state index in [1.54, 1.807) is 15.6 Å². The fourth-order valence-electron chi connectivity index (χ4n) is 2.90. The lowest BCUT2D eigenvalue weighted by Gasteiger charge is -2.23. The van der Waals surface area contributed by atoms with Crippen molar-refractivity contribution in [1.29, 1.82) is 0 Å². The van der Waals surface area contributed by atoms with E-state index in [2.05, 4.69) is 15.6 Å². The van der Waals surface area contributed by atoms with Crippen LogP contribution < -0.4 is 5.32 Å². The monoisotopic (exact) mass is 333 g/mol. The van der Waals surface area contributed by atoms with E-state index in [-0.39, 0.29) is 11.9 Å². The number of hydrogen-bond donors (Lipinski definition) is 1. The number of carbonyl (C=O) groups is 1. The summed E-state index contributed by atoms with van der Waals surface area (Å²) >= 11 is 6.05. The molecule has 0 bridgehead atoms. The van der Waals surface area contributed by atoms with Crippen LogP contribution in [0.5, 0.6) is 0 Å². The van der Waals surface area contributed by atoms with Gasteiger partial charge in [0.25, 0.3) is 5.91 Å². The van der Waals surface area contributed by atoms with Gasteiger partial charge in [0, 0.05) is 24.7 Å². The van der Waals surface area contributed by atoms with E-state index in [9.17, 15) is 4.79 Å². The second-order valence-electron chi connectivity index (χ2n) is 5.69. The Morgan fingerprint density at radius 2 is 2.35 bits per heavy atom. The Balaban J connectivity index is 1.93. The molecule has 0 aliphatic carbocycles. The molecule has 1 unspecified atom stereocenters. The van der Waals surface area contributed by atoms with Crippen molar-refractivity contribution in [1.82, 2.24) is 25.2 Å². The van der Waals surface area contributed by atoms with Crippen molar-refractivity contribution in [2.45, 2.75) is 25.8 Å². The number of hydrogen-bond acceptors (Lipinski definition) is 4. The minimum absolute atomic E-state index is 0.0798. The Hall–Kier alpha value is -1.92. The van der Waals surface area contributed by atoms with Gasteiger partial charge in [-0.3, -0.25) is 4.79 Å². The van der Waals surface area contributed by atoms with E-state index in [0.717, 1.165) is 30.9 Å². The summed E-state index contributed by atoms with van der Waals surface area (Å²) in [4.78, 5) is 14.5. The van der Waals surface area contributed by atoms with Gasteiger partial charge in [-0.15, -0.1) is 5.10 Å². The third-order valence-electron chi connectivity index (χ3n) is 4.26. The van der Waals surface area contributed by atoms with Gasteiger partial charge in [-0.1, -0.05) is 29.8 Å². The lowest BCUT2D eigenvalue weighted by molar-refractivity contribution is 0.0736. The van der Waals surface area contributed by atoms with Gasteiger partial charge in [-0.2, -0.15) is 0 Å². The summed E-state index contributed by atoms with van der Waals surface area (Å²) in [7, 11) is 1.83. The van der Waals surface area contributed by atoms with Gasteiger partial charge in [-0.05, 0) is 37.6 Å². The number of carbonyl (C=O) groups excluding carboxylic acids is 1. The molecule has 1 aromatic heterocycles. The molecule has 7 heteroatoms. The van der Waals surface area contributed by atoms with Gasteiger partial charge < -0.3 is 10.2 Å². The fourth-order valence-corrected chi connectivity index (χ4v) is 3.09. The third-order valence-corrected chi connectivity index (χ3v) is 4.49. The normalized spacial score (nSPS) is 17.4. The van der Waals surface area contributed by atoms with Gasteiger partial charge in [0.15, 0.2) is 5.69 Å². The minimum atomic E-state index is -0.0798. The molecule has 1 saturated heterocycles. The number of nitrogens with one attached hydrogen (secondary N) is 1. The smallest absolute Gasteiger partial charge is 0.276 e. The summed E-state index contributed by atoms with van der Waals surface area (Å²) in [6, 6.07) is 7.59. The Morgan fingerprint density at radius 1 is 1.52 bits per heavy atom. The zero-order chi connectivity index (χ0) is 16.4. The molecule has 0 spiro atoms. The van der Waals surface area contributed by atoms with Crippen molar-refractivity contribution in [2.75, 3.05) is 20.1 Å². The summed E-state index contributed by atoms with van der Waals surface area (Å²) in [6.07, 6.45) is 1.63. The SMILES string of the molecule is CCc1c(C(=O)N(C)C2CCNC2)nnn1-c1cccc(Cl)c1. The molecule has 1 atom stereocenters. The molecule has 0 radical (unpaired) electrons. The molecule has 1 N–H and O–H groups in total. The topological polar surface area (TPSA) is 63.1 Å². The predicted octanol–water partition coefficient (Wildman–Crippen LogP) is 1.92. The second-order valence-corrected chi connectivity index (χ2v) is 6.13. The first-order valence-corrected chi connectivity index (χ1v) is 8.18. The maximum Gasteiger partial charge on any atom is 0.276 e. The molecule has 3 rings (SSSR count). The minimum Gasteiger partial charge on any atom is -0.336 e. The largest absolute Gasteiger partial charge is 0.336 e. The van der Waals surface area contributed by atoms with Gasteiger partial charge in [0.2, 0.25) is 0 Å². The molecule has 1 amide bonds. The molecule has 23 heavy (non-hydrogen) atoms. The molecule has 1 aliphatic rings. The highest BCUT2D eigenvalue weighted by molar-refractivity contribution is 6.30. The number of likely N-dealkylation sites (N-methyl/N-ethyl adjacent to an activating group) is 1. The van der Waals surface area contributed by atoms with Crippen LogP contribution in [0.2, 0.25) is 5.02 Å². The highest BCUT2D eigenvalue weighted by Crippen LogP contribution is 2.19. The number of nitrogens with zero attached hydrogens (tertiary/aromatic N) is 4. The maximum absolute atomic E-state index is 12.8. The molecule has 122 valence electrons. The summed E-state index contributed by atoms with van der Waals surface area (Å²) in [5.41, 5.74) is 2.03. The number of aromatic nitrogens is 3. The standard InChI is InChI=1S/C16H20ClN5O/c1-3-14-15(16(23)21(2)13-7-8-18-10-13)19-20-22(14)12-6-4-5-11(17)9-12/h4-6,9,13,18H,3,7-8,10H2,1-2H3. The Morgan fingerprint density at radius 3 is 3.00 bits per heavy atom. The molecular formula is C16H20ClN5O. The molecule has 2 heterocycles. The Bertz CT molecular complexity index is 708. The summed E-state index contributed by atoms with van der Waals surface area (Å²) < 4.78 is 1.69. The van der Waals surface area contributed by atoms with E-state index in [4.69, 9.17) is 11.6 Å². The number of benzene rings is 1. The molecule has 1 aliphatic heterocycles. The predicted molar refractivity (Wildman–Crippen MR) is 89.1 cm³/mol. The highest BCUT2D eigenvalue weighted by atomic mass is 35.5. The first-order valence-electron chi connectivity index (χ1n) is 7.80. The average Bonchev–Trinajstić information content (AvgIpc) is 3.22. The van der Waals surface area contributed by atoms with Crippen LogP contribution in [0.15, 0.2) is 24.3 Å². The van der Waals surface area contributed by atoms with Crippen molar-refractivity contribution in [3.05, 3.63) is 40.7 Å².